The number of rotatable bonds is 17. The standard InChI is InChI=1S/C30H38N4O2/c1-3-4-5-6-19-33-21-10-30(11-22-33)28(15-26-36)9-18-32-16-7-20-34-23-12-29(13-24-34)27(14-25-35)8-17-31-2/h8-15,17-18,21-26H,3-7,16,19-20H2,1-2H3/p+2. The van der Waals surface area contributed by atoms with Gasteiger partial charge in [0.1, 0.15) is 25.7 Å². The van der Waals surface area contributed by atoms with E-state index in [9.17, 15) is 9.59 Å². The summed E-state index contributed by atoms with van der Waals surface area (Å²) in [6, 6.07) is 8.13. The zero-order valence-corrected chi connectivity index (χ0v) is 21.6. The SMILES string of the molecule is CCCCCC[n+]1ccc(C(C=CNCCC[n+]2ccc(C(C=CNC)=CC=O)cc2)=CC=O)cc1. The van der Waals surface area contributed by atoms with Crippen LogP contribution in [-0.2, 0) is 22.7 Å². The zero-order chi connectivity index (χ0) is 25.8. The molecule has 0 aromatic carbocycles. The number of hydrogen-bond acceptors (Lipinski definition) is 4. The van der Waals surface area contributed by atoms with Crippen molar-refractivity contribution in [3.63, 3.8) is 0 Å². The van der Waals surface area contributed by atoms with Gasteiger partial charge in [0, 0.05) is 50.7 Å². The van der Waals surface area contributed by atoms with Crippen LogP contribution in [0.1, 0.15) is 50.2 Å². The Bertz CT molecular complexity index is 1040. The molecule has 6 heteroatoms. The first-order valence-electron chi connectivity index (χ1n) is 12.8. The molecule has 0 aliphatic carbocycles. The molecule has 0 saturated carbocycles. The van der Waals surface area contributed by atoms with Crippen LogP contribution in [0.15, 0.2) is 85.8 Å². The highest BCUT2D eigenvalue weighted by Crippen LogP contribution is 2.14. The van der Waals surface area contributed by atoms with Crippen LogP contribution >= 0.6 is 0 Å². The molecule has 2 heterocycles. The number of aldehydes is 2. The summed E-state index contributed by atoms with van der Waals surface area (Å²) < 4.78 is 4.32. The normalized spacial score (nSPS) is 12.3. The smallest absolute Gasteiger partial charge is 0.169 e. The minimum absolute atomic E-state index is 0.800. The summed E-state index contributed by atoms with van der Waals surface area (Å²) in [6.45, 7) is 4.93. The largest absolute Gasteiger partial charge is 0.394 e. The maximum atomic E-state index is 11.1. The van der Waals surface area contributed by atoms with E-state index in [4.69, 9.17) is 0 Å². The van der Waals surface area contributed by atoms with Gasteiger partial charge >= 0.3 is 0 Å². The number of nitrogens with one attached hydrogen (secondary N) is 2. The number of carbonyl (C=O) groups excluding carboxylic acids is 2. The molecule has 190 valence electrons. The summed E-state index contributed by atoms with van der Waals surface area (Å²) in [5, 5.41) is 6.26. The van der Waals surface area contributed by atoms with E-state index in [0.29, 0.717) is 0 Å². The molecule has 0 fully saturated rings. The summed E-state index contributed by atoms with van der Waals surface area (Å²) in [4.78, 5) is 22.0. The molecule has 0 bridgehead atoms. The molecule has 0 amide bonds. The highest BCUT2D eigenvalue weighted by atomic mass is 16.1. The molecule has 2 aromatic heterocycles. The summed E-state index contributed by atoms with van der Waals surface area (Å²) >= 11 is 0. The first kappa shape index (κ1) is 28.4. The van der Waals surface area contributed by atoms with Crippen LogP contribution in [-0.4, -0.2) is 26.2 Å². The Morgan fingerprint density at radius 3 is 1.78 bits per heavy atom. The molecular formula is C30H40N4O2+2. The van der Waals surface area contributed by atoms with Crippen LogP contribution < -0.4 is 19.8 Å². The number of allylic oxidation sites excluding steroid dienone is 6. The first-order valence-corrected chi connectivity index (χ1v) is 12.8. The van der Waals surface area contributed by atoms with Gasteiger partial charge in [-0.15, -0.1) is 0 Å². The number of aromatic nitrogens is 2. The van der Waals surface area contributed by atoms with E-state index in [1.54, 1.807) is 18.4 Å². The van der Waals surface area contributed by atoms with Crippen molar-refractivity contribution in [2.75, 3.05) is 13.6 Å². The number of carbonyl (C=O) groups is 2. The quantitative estimate of drug-likeness (QED) is 0.116. The topological polar surface area (TPSA) is 66.0 Å². The molecule has 0 spiro atoms. The third kappa shape index (κ3) is 10.6. The first-order chi connectivity index (χ1) is 17.7. The maximum Gasteiger partial charge on any atom is 0.169 e. The molecule has 0 aliphatic heterocycles. The molecule has 0 unspecified atom stereocenters. The minimum Gasteiger partial charge on any atom is -0.394 e. The van der Waals surface area contributed by atoms with Crippen molar-refractivity contribution in [1.82, 2.24) is 10.6 Å². The van der Waals surface area contributed by atoms with Gasteiger partial charge in [-0.2, -0.15) is 0 Å². The fourth-order valence-corrected chi connectivity index (χ4v) is 3.73. The van der Waals surface area contributed by atoms with Gasteiger partial charge in [-0.25, -0.2) is 9.13 Å². The van der Waals surface area contributed by atoms with Crippen LogP contribution in [0.4, 0.5) is 0 Å². The van der Waals surface area contributed by atoms with Crippen LogP contribution in [0.25, 0.3) is 11.1 Å². The second-order valence-corrected chi connectivity index (χ2v) is 8.49. The third-order valence-electron chi connectivity index (χ3n) is 5.76. The van der Waals surface area contributed by atoms with E-state index in [-0.39, 0.29) is 0 Å². The molecule has 0 radical (unpaired) electrons. The van der Waals surface area contributed by atoms with Crippen LogP contribution in [0.5, 0.6) is 0 Å². The summed E-state index contributed by atoms with van der Waals surface area (Å²) in [7, 11) is 1.82. The van der Waals surface area contributed by atoms with Crippen molar-refractivity contribution in [3.05, 3.63) is 96.9 Å². The fraction of sp³-hybridized carbons (Fsp3) is 0.333. The molecule has 6 nitrogen and oxygen atoms in total. The average molecular weight is 489 g/mol. The lowest BCUT2D eigenvalue weighted by Crippen LogP contribution is -2.34. The number of pyridine rings is 2. The molecular weight excluding hydrogens is 448 g/mol. The highest BCUT2D eigenvalue weighted by molar-refractivity contribution is 5.86. The van der Waals surface area contributed by atoms with E-state index < -0.39 is 0 Å². The Hall–Kier alpha value is -3.80. The van der Waals surface area contributed by atoms with Crippen molar-refractivity contribution >= 4 is 23.7 Å². The molecule has 36 heavy (non-hydrogen) atoms. The maximum absolute atomic E-state index is 11.1. The fourth-order valence-electron chi connectivity index (χ4n) is 3.73. The Morgan fingerprint density at radius 1 is 0.750 bits per heavy atom. The molecule has 0 atom stereocenters. The van der Waals surface area contributed by atoms with Crippen molar-refractivity contribution < 1.29 is 18.7 Å². The average Bonchev–Trinajstić information content (AvgIpc) is 2.91. The number of nitrogens with zero attached hydrogens (tertiary/aromatic N) is 2. The Morgan fingerprint density at radius 2 is 1.28 bits per heavy atom. The predicted molar refractivity (Wildman–Crippen MR) is 145 cm³/mol. The van der Waals surface area contributed by atoms with Gasteiger partial charge in [0.25, 0.3) is 0 Å². The van der Waals surface area contributed by atoms with Crippen molar-refractivity contribution in [2.45, 2.75) is 52.1 Å². The van der Waals surface area contributed by atoms with Gasteiger partial charge in [0.15, 0.2) is 24.8 Å². The van der Waals surface area contributed by atoms with E-state index >= 15 is 0 Å². The Kier molecular flexibility index (Phi) is 13.9. The number of hydrogen-bond donors (Lipinski definition) is 2. The second-order valence-electron chi connectivity index (χ2n) is 8.49. The monoisotopic (exact) mass is 488 g/mol. The van der Waals surface area contributed by atoms with Gasteiger partial charge < -0.3 is 10.6 Å². The van der Waals surface area contributed by atoms with Gasteiger partial charge in [0.05, 0.1) is 0 Å². The van der Waals surface area contributed by atoms with Crippen LogP contribution in [0.3, 0.4) is 0 Å². The van der Waals surface area contributed by atoms with Crippen molar-refractivity contribution in [2.24, 2.45) is 0 Å². The highest BCUT2D eigenvalue weighted by Gasteiger charge is 2.05. The number of aryl methyl sites for hydroxylation is 2. The summed E-state index contributed by atoms with van der Waals surface area (Å²) in [5.41, 5.74) is 3.75. The molecule has 2 aromatic rings. The lowest BCUT2D eigenvalue weighted by atomic mass is 10.1. The van der Waals surface area contributed by atoms with E-state index in [1.807, 2.05) is 49.9 Å². The lowest BCUT2D eigenvalue weighted by Gasteiger charge is -2.04. The lowest BCUT2D eigenvalue weighted by molar-refractivity contribution is -0.697. The predicted octanol–water partition coefficient (Wildman–Crippen LogP) is 3.93. The van der Waals surface area contributed by atoms with Crippen LogP contribution in [0.2, 0.25) is 0 Å². The van der Waals surface area contributed by atoms with E-state index in [0.717, 1.165) is 60.9 Å². The van der Waals surface area contributed by atoms with Crippen LogP contribution in [0, 0.1) is 0 Å². The third-order valence-corrected chi connectivity index (χ3v) is 5.76. The Labute approximate surface area is 215 Å². The molecule has 2 rings (SSSR count). The zero-order valence-electron chi connectivity index (χ0n) is 21.6. The summed E-state index contributed by atoms with van der Waals surface area (Å²) in [5.74, 6) is 0. The summed E-state index contributed by atoms with van der Waals surface area (Å²) in [6.07, 6.45) is 26.4. The van der Waals surface area contributed by atoms with Crippen molar-refractivity contribution in [3.8, 4) is 0 Å². The Balaban J connectivity index is 1.81. The van der Waals surface area contributed by atoms with Gasteiger partial charge in [-0.1, -0.05) is 19.8 Å². The number of unbranched alkanes of at least 4 members (excludes halogenated alkanes) is 3. The van der Waals surface area contributed by atoms with E-state index in [1.165, 1.54) is 25.7 Å². The minimum atomic E-state index is 0.800. The molecule has 0 aliphatic rings. The van der Waals surface area contributed by atoms with Gasteiger partial charge in [-0.05, 0) is 65.4 Å². The van der Waals surface area contributed by atoms with Gasteiger partial charge in [-0.3, -0.25) is 9.59 Å². The molecule has 0 saturated heterocycles. The van der Waals surface area contributed by atoms with E-state index in [2.05, 4.69) is 51.2 Å². The van der Waals surface area contributed by atoms with Gasteiger partial charge in [0.2, 0.25) is 0 Å². The van der Waals surface area contributed by atoms with Crippen molar-refractivity contribution in [1.29, 1.82) is 0 Å². The molecule has 2 N–H and O–H groups in total. The second kappa shape index (κ2) is 17.6.